The second kappa shape index (κ2) is 7.21. The number of hydrogen-bond acceptors (Lipinski definition) is 4. The fourth-order valence-corrected chi connectivity index (χ4v) is 3.41. The van der Waals surface area contributed by atoms with Crippen molar-refractivity contribution in [2.24, 2.45) is 0 Å². The van der Waals surface area contributed by atoms with Gasteiger partial charge in [-0.2, -0.15) is 0 Å². The van der Waals surface area contributed by atoms with E-state index in [1.165, 1.54) is 0 Å². The van der Waals surface area contributed by atoms with Gasteiger partial charge in [0.05, 0.1) is 24.9 Å². The molecule has 0 aliphatic carbocycles. The molecule has 2 unspecified atom stereocenters. The van der Waals surface area contributed by atoms with Crippen LogP contribution in [0.15, 0.2) is 0 Å². The smallest absolute Gasteiger partial charge is 0.0721 e. The molecular weight excluding hydrogens is 252 g/mol. The van der Waals surface area contributed by atoms with Crippen LogP contribution in [0.5, 0.6) is 0 Å². The Morgan fingerprint density at radius 2 is 1.70 bits per heavy atom. The zero-order valence-electron chi connectivity index (χ0n) is 13.8. The molecule has 0 aromatic heterocycles. The van der Waals surface area contributed by atoms with Crippen LogP contribution >= 0.6 is 0 Å². The quantitative estimate of drug-likeness (QED) is 0.788. The van der Waals surface area contributed by atoms with E-state index in [0.717, 1.165) is 39.2 Å². The van der Waals surface area contributed by atoms with Gasteiger partial charge in [-0.1, -0.05) is 0 Å². The first kappa shape index (κ1) is 16.2. The van der Waals surface area contributed by atoms with Crippen molar-refractivity contribution in [3.63, 3.8) is 0 Å². The summed E-state index contributed by atoms with van der Waals surface area (Å²) in [5, 5.41) is 0. The first-order valence-electron chi connectivity index (χ1n) is 8.21. The van der Waals surface area contributed by atoms with Crippen molar-refractivity contribution in [1.29, 1.82) is 0 Å². The first-order chi connectivity index (χ1) is 9.45. The average molecular weight is 284 g/mol. The van der Waals surface area contributed by atoms with Gasteiger partial charge >= 0.3 is 0 Å². The first-order valence-corrected chi connectivity index (χ1v) is 8.21. The van der Waals surface area contributed by atoms with E-state index in [-0.39, 0.29) is 0 Å². The normalized spacial score (nSPS) is 35.4. The van der Waals surface area contributed by atoms with Gasteiger partial charge in [0, 0.05) is 38.3 Å². The van der Waals surface area contributed by atoms with Crippen LogP contribution in [0.25, 0.3) is 0 Å². The predicted molar refractivity (Wildman–Crippen MR) is 82.1 cm³/mol. The molecular formula is C16H32N2O2. The molecule has 0 N–H and O–H groups in total. The number of ether oxygens (including phenoxy) is 2. The van der Waals surface area contributed by atoms with E-state index in [1.54, 1.807) is 0 Å². The fourth-order valence-electron chi connectivity index (χ4n) is 3.41. The number of morpholine rings is 2. The van der Waals surface area contributed by atoms with Gasteiger partial charge in [0.25, 0.3) is 0 Å². The minimum Gasteiger partial charge on any atom is -0.376 e. The van der Waals surface area contributed by atoms with Crippen LogP contribution in [-0.2, 0) is 9.47 Å². The third-order valence-corrected chi connectivity index (χ3v) is 4.58. The number of nitrogens with zero attached hydrogens (tertiary/aromatic N) is 2. The van der Waals surface area contributed by atoms with Gasteiger partial charge in [-0.3, -0.25) is 9.80 Å². The van der Waals surface area contributed by atoms with Crippen molar-refractivity contribution in [2.75, 3.05) is 32.8 Å². The zero-order valence-corrected chi connectivity index (χ0v) is 13.8. The highest BCUT2D eigenvalue weighted by atomic mass is 16.5. The molecule has 0 spiro atoms. The molecule has 0 amide bonds. The molecule has 2 aliphatic rings. The van der Waals surface area contributed by atoms with E-state index in [1.807, 2.05) is 0 Å². The molecule has 2 rings (SSSR count). The monoisotopic (exact) mass is 284 g/mol. The molecule has 4 heteroatoms. The zero-order chi connectivity index (χ0) is 14.7. The van der Waals surface area contributed by atoms with Crippen molar-refractivity contribution in [2.45, 2.75) is 71.4 Å². The highest BCUT2D eigenvalue weighted by molar-refractivity contribution is 4.82. The average Bonchev–Trinajstić information content (AvgIpc) is 2.37. The van der Waals surface area contributed by atoms with Crippen LogP contribution in [0.3, 0.4) is 0 Å². The molecule has 0 bridgehead atoms. The van der Waals surface area contributed by atoms with Gasteiger partial charge in [0.15, 0.2) is 0 Å². The minimum absolute atomic E-state index is 0.354. The molecule has 118 valence electrons. The Bertz CT molecular complexity index is 298. The summed E-state index contributed by atoms with van der Waals surface area (Å²) in [5.74, 6) is 0. The Balaban J connectivity index is 1.84. The van der Waals surface area contributed by atoms with Gasteiger partial charge in [-0.05, 0) is 41.0 Å². The fraction of sp³-hybridized carbons (Fsp3) is 1.00. The van der Waals surface area contributed by atoms with Crippen LogP contribution in [0, 0.1) is 0 Å². The van der Waals surface area contributed by atoms with E-state index in [2.05, 4.69) is 44.4 Å². The van der Waals surface area contributed by atoms with Crippen molar-refractivity contribution >= 4 is 0 Å². The van der Waals surface area contributed by atoms with Crippen LogP contribution < -0.4 is 0 Å². The Kier molecular flexibility index (Phi) is 5.84. The van der Waals surface area contributed by atoms with Gasteiger partial charge < -0.3 is 9.47 Å². The summed E-state index contributed by atoms with van der Waals surface area (Å²) in [5.41, 5.74) is 0. The minimum atomic E-state index is 0.354. The second-order valence-electron chi connectivity index (χ2n) is 6.88. The molecule has 0 aromatic rings. The lowest BCUT2D eigenvalue weighted by molar-refractivity contribution is -0.101. The maximum Gasteiger partial charge on any atom is 0.0721 e. The maximum atomic E-state index is 6.16. The van der Waals surface area contributed by atoms with E-state index in [4.69, 9.17) is 9.47 Å². The largest absolute Gasteiger partial charge is 0.376 e. The lowest BCUT2D eigenvalue weighted by atomic mass is 10.0. The van der Waals surface area contributed by atoms with E-state index in [0.29, 0.717) is 30.4 Å². The Hall–Kier alpha value is -0.160. The maximum absolute atomic E-state index is 6.16. The molecule has 0 saturated carbocycles. The third-order valence-electron chi connectivity index (χ3n) is 4.58. The standard InChI is InChI=1S/C16H32N2O2/c1-12(2)18-10-15(5)20-16(11-18)8-13(3)17-6-7-19-14(4)9-17/h12-16H,6-11H2,1-5H3/t13?,14-,15+,16?/m1/s1. The van der Waals surface area contributed by atoms with Crippen LogP contribution in [0.4, 0.5) is 0 Å². The molecule has 2 saturated heterocycles. The highest BCUT2D eigenvalue weighted by Gasteiger charge is 2.30. The van der Waals surface area contributed by atoms with Crippen molar-refractivity contribution in [1.82, 2.24) is 9.80 Å². The predicted octanol–water partition coefficient (Wildman–Crippen LogP) is 1.98. The van der Waals surface area contributed by atoms with Crippen LogP contribution in [0.2, 0.25) is 0 Å². The SMILES string of the molecule is CC(C)N1CC(CC(C)N2CCO[C@H](C)C2)O[C@@H](C)C1. The molecule has 4 atom stereocenters. The Morgan fingerprint density at radius 1 is 1.00 bits per heavy atom. The molecule has 0 aromatic carbocycles. The van der Waals surface area contributed by atoms with Gasteiger partial charge in [0.2, 0.25) is 0 Å². The molecule has 2 heterocycles. The summed E-state index contributed by atoms with van der Waals surface area (Å²) in [6, 6.07) is 1.19. The topological polar surface area (TPSA) is 24.9 Å². The lowest BCUT2D eigenvalue weighted by Gasteiger charge is -2.42. The van der Waals surface area contributed by atoms with E-state index in [9.17, 15) is 0 Å². The summed E-state index contributed by atoms with van der Waals surface area (Å²) in [6.07, 6.45) is 2.21. The number of rotatable bonds is 4. The third kappa shape index (κ3) is 4.42. The van der Waals surface area contributed by atoms with Crippen LogP contribution in [-0.4, -0.2) is 73.0 Å². The summed E-state index contributed by atoms with van der Waals surface area (Å²) in [6.45, 7) is 16.4. The highest BCUT2D eigenvalue weighted by Crippen LogP contribution is 2.20. The van der Waals surface area contributed by atoms with Gasteiger partial charge in [-0.25, -0.2) is 0 Å². The van der Waals surface area contributed by atoms with E-state index < -0.39 is 0 Å². The number of hydrogen-bond donors (Lipinski definition) is 0. The summed E-state index contributed by atoms with van der Waals surface area (Å²) < 4.78 is 11.8. The van der Waals surface area contributed by atoms with E-state index >= 15 is 0 Å². The summed E-state index contributed by atoms with van der Waals surface area (Å²) >= 11 is 0. The molecule has 2 aliphatic heterocycles. The summed E-state index contributed by atoms with van der Waals surface area (Å²) in [7, 11) is 0. The van der Waals surface area contributed by atoms with Gasteiger partial charge in [-0.15, -0.1) is 0 Å². The van der Waals surface area contributed by atoms with Crippen molar-refractivity contribution in [3.8, 4) is 0 Å². The van der Waals surface area contributed by atoms with Crippen molar-refractivity contribution < 1.29 is 9.47 Å². The molecule has 20 heavy (non-hydrogen) atoms. The van der Waals surface area contributed by atoms with Crippen LogP contribution in [0.1, 0.15) is 41.0 Å². The Morgan fingerprint density at radius 3 is 2.35 bits per heavy atom. The molecule has 4 nitrogen and oxygen atoms in total. The second-order valence-corrected chi connectivity index (χ2v) is 6.88. The molecule has 2 fully saturated rings. The van der Waals surface area contributed by atoms with Crippen molar-refractivity contribution in [3.05, 3.63) is 0 Å². The Labute approximate surface area is 124 Å². The lowest BCUT2D eigenvalue weighted by Crippen LogP contribution is -2.52. The van der Waals surface area contributed by atoms with Gasteiger partial charge in [0.1, 0.15) is 0 Å². The molecule has 0 radical (unpaired) electrons. The summed E-state index contributed by atoms with van der Waals surface area (Å²) in [4.78, 5) is 5.10.